The molecule has 1 aromatic heterocycles. The molecule has 1 heterocycles. The first-order chi connectivity index (χ1) is 9.04. The minimum absolute atomic E-state index is 0.164. The first-order valence-corrected chi connectivity index (χ1v) is 5.80. The standard InChI is InChI=1S/C13H14N2O4/c1-8-14-12-9(13(17)18)4-3-5-10(12)15(8)7-6-11(16)19-2/h3-5H,6-7H2,1-2H3,(H,17,18). The van der Waals surface area contributed by atoms with Gasteiger partial charge in [-0.25, -0.2) is 9.78 Å². The third kappa shape index (κ3) is 2.42. The number of imidazole rings is 1. The summed E-state index contributed by atoms with van der Waals surface area (Å²) in [4.78, 5) is 26.6. The number of carboxylic acids is 1. The molecule has 0 aliphatic heterocycles. The number of carbonyl (C=O) groups excluding carboxylic acids is 1. The zero-order valence-corrected chi connectivity index (χ0v) is 10.7. The number of aromatic nitrogens is 2. The number of rotatable bonds is 4. The van der Waals surface area contributed by atoms with Crippen LogP contribution in [0.1, 0.15) is 22.6 Å². The van der Waals surface area contributed by atoms with E-state index in [1.165, 1.54) is 13.2 Å². The zero-order chi connectivity index (χ0) is 14.0. The zero-order valence-electron chi connectivity index (χ0n) is 10.7. The maximum Gasteiger partial charge on any atom is 0.337 e. The summed E-state index contributed by atoms with van der Waals surface area (Å²) >= 11 is 0. The van der Waals surface area contributed by atoms with Crippen LogP contribution >= 0.6 is 0 Å². The number of aromatic carboxylic acids is 1. The van der Waals surface area contributed by atoms with Gasteiger partial charge in [-0.1, -0.05) is 6.07 Å². The summed E-state index contributed by atoms with van der Waals surface area (Å²) in [6, 6.07) is 4.97. The smallest absolute Gasteiger partial charge is 0.337 e. The Morgan fingerprint density at radius 2 is 2.16 bits per heavy atom. The largest absolute Gasteiger partial charge is 0.478 e. The number of para-hydroxylation sites is 1. The van der Waals surface area contributed by atoms with Crippen LogP contribution in [0.15, 0.2) is 18.2 Å². The number of carboxylic acid groups (broad SMARTS) is 1. The van der Waals surface area contributed by atoms with Gasteiger partial charge in [0, 0.05) is 6.54 Å². The van der Waals surface area contributed by atoms with Crippen LogP contribution in [0.2, 0.25) is 0 Å². The lowest BCUT2D eigenvalue weighted by molar-refractivity contribution is -0.140. The van der Waals surface area contributed by atoms with E-state index in [9.17, 15) is 9.59 Å². The van der Waals surface area contributed by atoms with Gasteiger partial charge in [-0.3, -0.25) is 4.79 Å². The van der Waals surface area contributed by atoms with Gasteiger partial charge in [0.25, 0.3) is 0 Å². The Kier molecular flexibility index (Phi) is 3.50. The average Bonchev–Trinajstić information content (AvgIpc) is 2.71. The number of hydrogen-bond acceptors (Lipinski definition) is 4. The number of esters is 1. The predicted octanol–water partition coefficient (Wildman–Crippen LogP) is 1.61. The summed E-state index contributed by atoms with van der Waals surface area (Å²) in [6.45, 7) is 2.20. The number of aryl methyl sites for hydroxylation is 2. The molecule has 0 atom stereocenters. The molecule has 0 saturated carbocycles. The van der Waals surface area contributed by atoms with Gasteiger partial charge in [-0.2, -0.15) is 0 Å². The molecular weight excluding hydrogens is 248 g/mol. The Balaban J connectivity index is 2.45. The molecule has 0 spiro atoms. The Hall–Kier alpha value is -2.37. The fourth-order valence-electron chi connectivity index (χ4n) is 2.02. The van der Waals surface area contributed by atoms with Crippen LogP contribution in [0.3, 0.4) is 0 Å². The lowest BCUT2D eigenvalue weighted by Crippen LogP contribution is -2.08. The van der Waals surface area contributed by atoms with Crippen molar-refractivity contribution in [3.63, 3.8) is 0 Å². The van der Waals surface area contributed by atoms with Crippen LogP contribution in [0, 0.1) is 6.92 Å². The molecule has 6 heteroatoms. The van der Waals surface area contributed by atoms with Crippen molar-refractivity contribution in [2.75, 3.05) is 7.11 Å². The molecule has 1 N–H and O–H groups in total. The van der Waals surface area contributed by atoms with E-state index in [2.05, 4.69) is 9.72 Å². The van der Waals surface area contributed by atoms with Gasteiger partial charge in [-0.15, -0.1) is 0 Å². The number of ether oxygens (including phenoxy) is 1. The quantitative estimate of drug-likeness (QED) is 0.846. The first kappa shape index (κ1) is 13.1. The average molecular weight is 262 g/mol. The maximum absolute atomic E-state index is 11.2. The molecule has 100 valence electrons. The SMILES string of the molecule is COC(=O)CCn1c(C)nc2c(C(=O)O)cccc21. The van der Waals surface area contributed by atoms with Gasteiger partial charge in [0.1, 0.15) is 11.3 Å². The minimum Gasteiger partial charge on any atom is -0.478 e. The number of nitrogens with zero attached hydrogens (tertiary/aromatic N) is 2. The fourth-order valence-corrected chi connectivity index (χ4v) is 2.02. The maximum atomic E-state index is 11.2. The summed E-state index contributed by atoms with van der Waals surface area (Å²) in [7, 11) is 1.34. The first-order valence-electron chi connectivity index (χ1n) is 5.80. The van der Waals surface area contributed by atoms with E-state index >= 15 is 0 Å². The highest BCUT2D eigenvalue weighted by Crippen LogP contribution is 2.20. The molecule has 1 aromatic carbocycles. The highest BCUT2D eigenvalue weighted by atomic mass is 16.5. The molecular formula is C13H14N2O4. The van der Waals surface area contributed by atoms with Crippen LogP contribution in [0.5, 0.6) is 0 Å². The van der Waals surface area contributed by atoms with E-state index in [4.69, 9.17) is 5.11 Å². The second kappa shape index (κ2) is 5.09. The van der Waals surface area contributed by atoms with Crippen molar-refractivity contribution in [3.8, 4) is 0 Å². The van der Waals surface area contributed by atoms with Gasteiger partial charge in [-0.05, 0) is 19.1 Å². The molecule has 0 aliphatic rings. The van der Waals surface area contributed by atoms with Gasteiger partial charge >= 0.3 is 11.9 Å². The van der Waals surface area contributed by atoms with Crippen molar-refractivity contribution in [1.29, 1.82) is 0 Å². The Bertz CT molecular complexity index is 645. The molecule has 0 bridgehead atoms. The summed E-state index contributed by atoms with van der Waals surface area (Å²) in [5.74, 6) is -0.647. The molecule has 0 fully saturated rings. The van der Waals surface area contributed by atoms with Crippen LogP contribution < -0.4 is 0 Å². The predicted molar refractivity (Wildman–Crippen MR) is 68.1 cm³/mol. The summed E-state index contributed by atoms with van der Waals surface area (Å²) < 4.78 is 6.41. The van der Waals surface area contributed by atoms with Crippen molar-refractivity contribution < 1.29 is 19.4 Å². The monoisotopic (exact) mass is 262 g/mol. The van der Waals surface area contributed by atoms with Gasteiger partial charge in [0.2, 0.25) is 0 Å². The minimum atomic E-state index is -1.01. The van der Waals surface area contributed by atoms with Crippen molar-refractivity contribution in [2.24, 2.45) is 0 Å². The van der Waals surface area contributed by atoms with Crippen LogP contribution in [0.4, 0.5) is 0 Å². The normalized spacial score (nSPS) is 10.6. The molecule has 6 nitrogen and oxygen atoms in total. The molecule has 0 saturated heterocycles. The number of methoxy groups -OCH3 is 1. The number of benzene rings is 1. The number of fused-ring (bicyclic) bond motifs is 1. The van der Waals surface area contributed by atoms with Crippen LogP contribution in [0.25, 0.3) is 11.0 Å². The molecule has 0 amide bonds. The lowest BCUT2D eigenvalue weighted by atomic mass is 10.2. The molecule has 0 unspecified atom stereocenters. The van der Waals surface area contributed by atoms with E-state index in [1.54, 1.807) is 19.1 Å². The molecule has 0 radical (unpaired) electrons. The highest BCUT2D eigenvalue weighted by Gasteiger charge is 2.15. The Morgan fingerprint density at radius 1 is 1.42 bits per heavy atom. The van der Waals surface area contributed by atoms with Gasteiger partial charge in [0.05, 0.1) is 24.6 Å². The van der Waals surface area contributed by atoms with Crippen molar-refractivity contribution in [2.45, 2.75) is 19.9 Å². The molecule has 0 aliphatic carbocycles. The van der Waals surface area contributed by atoms with E-state index in [0.717, 1.165) is 0 Å². The van der Waals surface area contributed by atoms with Crippen LogP contribution in [-0.4, -0.2) is 33.7 Å². The molecule has 2 rings (SSSR count). The highest BCUT2D eigenvalue weighted by molar-refractivity contribution is 6.01. The second-order valence-corrected chi connectivity index (χ2v) is 4.12. The topological polar surface area (TPSA) is 81.4 Å². The van der Waals surface area contributed by atoms with E-state index < -0.39 is 5.97 Å². The van der Waals surface area contributed by atoms with Crippen molar-refractivity contribution >= 4 is 23.0 Å². The van der Waals surface area contributed by atoms with Crippen molar-refractivity contribution in [1.82, 2.24) is 9.55 Å². The van der Waals surface area contributed by atoms with E-state index in [1.807, 2.05) is 4.57 Å². The summed E-state index contributed by atoms with van der Waals surface area (Å²) in [5, 5.41) is 9.12. The fraction of sp³-hybridized carbons (Fsp3) is 0.308. The van der Waals surface area contributed by atoms with E-state index in [-0.39, 0.29) is 18.0 Å². The molecule has 2 aromatic rings. The summed E-state index contributed by atoms with van der Waals surface area (Å²) in [5.41, 5.74) is 1.32. The third-order valence-electron chi connectivity index (χ3n) is 2.97. The number of hydrogen-bond donors (Lipinski definition) is 1. The summed E-state index contributed by atoms with van der Waals surface area (Å²) in [6.07, 6.45) is 0.222. The molecule has 19 heavy (non-hydrogen) atoms. The van der Waals surface area contributed by atoms with Crippen molar-refractivity contribution in [3.05, 3.63) is 29.6 Å². The Labute approximate surface area is 109 Å². The lowest BCUT2D eigenvalue weighted by Gasteiger charge is -2.05. The Morgan fingerprint density at radius 3 is 2.79 bits per heavy atom. The van der Waals surface area contributed by atoms with Gasteiger partial charge < -0.3 is 14.4 Å². The van der Waals surface area contributed by atoms with Crippen LogP contribution in [-0.2, 0) is 16.1 Å². The van der Waals surface area contributed by atoms with E-state index in [0.29, 0.717) is 23.4 Å². The third-order valence-corrected chi connectivity index (χ3v) is 2.97. The van der Waals surface area contributed by atoms with Gasteiger partial charge in [0.15, 0.2) is 0 Å². The second-order valence-electron chi connectivity index (χ2n) is 4.12. The number of carbonyl (C=O) groups is 2.